The van der Waals surface area contributed by atoms with Crippen molar-refractivity contribution in [3.8, 4) is 0 Å². The number of hydrogen-bond acceptors (Lipinski definition) is 1. The molecule has 0 amide bonds. The molecule has 0 fully saturated rings. The molecular formula is C20H24O. The Bertz CT molecular complexity index is 687. The van der Waals surface area contributed by atoms with Crippen LogP contribution in [0.25, 0.3) is 0 Å². The second-order valence-electron chi connectivity index (χ2n) is 6.21. The van der Waals surface area contributed by atoms with Crippen LogP contribution in [-0.2, 0) is 0 Å². The molecule has 0 N–H and O–H groups in total. The van der Waals surface area contributed by atoms with Gasteiger partial charge in [0.1, 0.15) is 0 Å². The van der Waals surface area contributed by atoms with Crippen LogP contribution in [0, 0.1) is 48.5 Å². The third-order valence-electron chi connectivity index (χ3n) is 4.71. The molecule has 0 aliphatic rings. The van der Waals surface area contributed by atoms with Crippen molar-refractivity contribution in [2.24, 2.45) is 0 Å². The number of carbonyl (C=O) groups is 1. The Kier molecular flexibility index (Phi) is 4.04. The summed E-state index contributed by atoms with van der Waals surface area (Å²) in [6, 6.07) is 6.07. The maximum atomic E-state index is 13.0. The van der Waals surface area contributed by atoms with Gasteiger partial charge in [-0.3, -0.25) is 4.79 Å². The number of benzene rings is 2. The number of hydrogen-bond donors (Lipinski definition) is 0. The lowest BCUT2D eigenvalue weighted by Gasteiger charge is -2.18. The summed E-state index contributed by atoms with van der Waals surface area (Å²) in [6.45, 7) is 14.5. The fourth-order valence-corrected chi connectivity index (χ4v) is 3.09. The SMILES string of the molecule is Cc1cc(C)cc(C(=O)c2c(C)c(C)c(C)c(C)c2C)c1. The van der Waals surface area contributed by atoms with Gasteiger partial charge in [0.25, 0.3) is 0 Å². The highest BCUT2D eigenvalue weighted by Crippen LogP contribution is 2.28. The topological polar surface area (TPSA) is 17.1 Å². The van der Waals surface area contributed by atoms with E-state index in [1.165, 1.54) is 16.7 Å². The zero-order valence-electron chi connectivity index (χ0n) is 14.1. The van der Waals surface area contributed by atoms with Crippen LogP contribution >= 0.6 is 0 Å². The summed E-state index contributed by atoms with van der Waals surface area (Å²) in [5, 5.41) is 0. The number of carbonyl (C=O) groups excluding carboxylic acids is 1. The summed E-state index contributed by atoms with van der Waals surface area (Å²) < 4.78 is 0. The van der Waals surface area contributed by atoms with E-state index in [0.717, 1.165) is 33.4 Å². The van der Waals surface area contributed by atoms with Gasteiger partial charge in [-0.25, -0.2) is 0 Å². The van der Waals surface area contributed by atoms with Crippen LogP contribution in [0.4, 0.5) is 0 Å². The molecule has 0 aromatic heterocycles. The predicted octanol–water partition coefficient (Wildman–Crippen LogP) is 5.08. The largest absolute Gasteiger partial charge is 0.289 e. The summed E-state index contributed by atoms with van der Waals surface area (Å²) in [6.07, 6.45) is 0. The summed E-state index contributed by atoms with van der Waals surface area (Å²) >= 11 is 0. The van der Waals surface area contributed by atoms with Crippen molar-refractivity contribution in [3.63, 3.8) is 0 Å². The van der Waals surface area contributed by atoms with Crippen LogP contribution in [0.3, 0.4) is 0 Å². The molecule has 0 bridgehead atoms. The van der Waals surface area contributed by atoms with Gasteiger partial charge in [-0.2, -0.15) is 0 Å². The lowest BCUT2D eigenvalue weighted by atomic mass is 9.85. The molecule has 2 aromatic carbocycles. The van der Waals surface area contributed by atoms with Crippen LogP contribution < -0.4 is 0 Å². The maximum absolute atomic E-state index is 13.0. The Hall–Kier alpha value is -1.89. The van der Waals surface area contributed by atoms with Crippen LogP contribution in [0.2, 0.25) is 0 Å². The van der Waals surface area contributed by atoms with Crippen LogP contribution in [0.5, 0.6) is 0 Å². The Morgan fingerprint density at radius 3 is 1.43 bits per heavy atom. The van der Waals surface area contributed by atoms with Crippen molar-refractivity contribution in [1.82, 2.24) is 0 Å². The lowest BCUT2D eigenvalue weighted by Crippen LogP contribution is -2.11. The standard InChI is InChI=1S/C20H24O/c1-11-8-12(2)10-18(9-11)20(21)19-16(6)14(4)13(3)15(5)17(19)7/h8-10H,1-7H3. The molecule has 110 valence electrons. The van der Waals surface area contributed by atoms with Gasteiger partial charge >= 0.3 is 0 Å². The highest BCUT2D eigenvalue weighted by molar-refractivity contribution is 6.11. The van der Waals surface area contributed by atoms with Crippen molar-refractivity contribution in [2.75, 3.05) is 0 Å². The van der Waals surface area contributed by atoms with E-state index < -0.39 is 0 Å². The fourth-order valence-electron chi connectivity index (χ4n) is 3.09. The van der Waals surface area contributed by atoms with Gasteiger partial charge in [-0.15, -0.1) is 0 Å². The normalized spacial score (nSPS) is 10.8. The van der Waals surface area contributed by atoms with Gasteiger partial charge in [0.15, 0.2) is 5.78 Å². The molecule has 0 saturated heterocycles. The molecule has 2 aromatic rings. The number of rotatable bonds is 2. The molecule has 1 heteroatoms. The van der Waals surface area contributed by atoms with Gasteiger partial charge in [0, 0.05) is 11.1 Å². The van der Waals surface area contributed by atoms with Gasteiger partial charge in [-0.05, 0) is 88.4 Å². The maximum Gasteiger partial charge on any atom is 0.193 e. The first-order valence-electron chi connectivity index (χ1n) is 7.44. The monoisotopic (exact) mass is 280 g/mol. The van der Waals surface area contributed by atoms with Crippen LogP contribution in [0.1, 0.15) is 54.9 Å². The van der Waals surface area contributed by atoms with Crippen LogP contribution in [-0.4, -0.2) is 5.78 Å². The molecule has 0 spiro atoms. The molecule has 0 radical (unpaired) electrons. The molecular weight excluding hydrogens is 256 g/mol. The van der Waals surface area contributed by atoms with Gasteiger partial charge in [0.05, 0.1) is 0 Å². The molecule has 0 aliphatic carbocycles. The van der Waals surface area contributed by atoms with E-state index in [4.69, 9.17) is 0 Å². The second-order valence-corrected chi connectivity index (χ2v) is 6.21. The van der Waals surface area contributed by atoms with Gasteiger partial charge in [0.2, 0.25) is 0 Å². The summed E-state index contributed by atoms with van der Waals surface area (Å²) in [7, 11) is 0. The van der Waals surface area contributed by atoms with Crippen molar-refractivity contribution in [1.29, 1.82) is 0 Å². The van der Waals surface area contributed by atoms with E-state index in [9.17, 15) is 4.79 Å². The average Bonchev–Trinajstić information content (AvgIpc) is 2.42. The molecule has 21 heavy (non-hydrogen) atoms. The van der Waals surface area contributed by atoms with Gasteiger partial charge in [-0.1, -0.05) is 17.2 Å². The second kappa shape index (κ2) is 5.48. The summed E-state index contributed by atoms with van der Waals surface area (Å²) in [5.41, 5.74) is 9.91. The number of ketones is 1. The first-order chi connectivity index (χ1) is 9.73. The fraction of sp³-hybridized carbons (Fsp3) is 0.350. The van der Waals surface area contributed by atoms with E-state index in [1.807, 2.05) is 26.0 Å². The van der Waals surface area contributed by atoms with E-state index in [1.54, 1.807) is 0 Å². The smallest absolute Gasteiger partial charge is 0.193 e. The minimum absolute atomic E-state index is 0.142. The Labute approximate surface area is 128 Å². The van der Waals surface area contributed by atoms with Crippen molar-refractivity contribution < 1.29 is 4.79 Å². The zero-order chi connectivity index (χ0) is 15.9. The predicted molar refractivity (Wildman–Crippen MR) is 89.5 cm³/mol. The molecule has 0 saturated carbocycles. The molecule has 1 nitrogen and oxygen atoms in total. The van der Waals surface area contributed by atoms with E-state index in [2.05, 4.69) is 40.7 Å². The first-order valence-corrected chi connectivity index (χ1v) is 7.44. The quantitative estimate of drug-likeness (QED) is 0.701. The average molecular weight is 280 g/mol. The Morgan fingerprint density at radius 1 is 0.619 bits per heavy atom. The molecule has 0 unspecified atom stereocenters. The van der Waals surface area contributed by atoms with E-state index in [-0.39, 0.29) is 5.78 Å². The van der Waals surface area contributed by atoms with Crippen LogP contribution in [0.15, 0.2) is 18.2 Å². The third kappa shape index (κ3) is 2.65. The number of aryl methyl sites for hydroxylation is 2. The zero-order valence-corrected chi connectivity index (χ0v) is 14.1. The van der Waals surface area contributed by atoms with E-state index in [0.29, 0.717) is 0 Å². The highest BCUT2D eigenvalue weighted by Gasteiger charge is 2.19. The van der Waals surface area contributed by atoms with Crippen molar-refractivity contribution >= 4 is 5.78 Å². The summed E-state index contributed by atoms with van der Waals surface area (Å²) in [5.74, 6) is 0.142. The Balaban J connectivity index is 2.69. The van der Waals surface area contributed by atoms with E-state index >= 15 is 0 Å². The molecule has 0 atom stereocenters. The van der Waals surface area contributed by atoms with Gasteiger partial charge < -0.3 is 0 Å². The van der Waals surface area contributed by atoms with Crippen molar-refractivity contribution in [3.05, 3.63) is 68.3 Å². The highest BCUT2D eigenvalue weighted by atomic mass is 16.1. The molecule has 2 rings (SSSR count). The third-order valence-corrected chi connectivity index (χ3v) is 4.71. The molecule has 0 aliphatic heterocycles. The minimum atomic E-state index is 0.142. The first kappa shape index (κ1) is 15.5. The Morgan fingerprint density at radius 2 is 1.00 bits per heavy atom. The summed E-state index contributed by atoms with van der Waals surface area (Å²) in [4.78, 5) is 13.0. The minimum Gasteiger partial charge on any atom is -0.289 e. The van der Waals surface area contributed by atoms with Crippen molar-refractivity contribution in [2.45, 2.75) is 48.5 Å². The lowest BCUT2D eigenvalue weighted by molar-refractivity contribution is 0.103. The molecule has 0 heterocycles.